The summed E-state index contributed by atoms with van der Waals surface area (Å²) in [5.41, 5.74) is 8.14. The molecule has 3 aliphatic rings. The molecule has 0 bridgehead atoms. The van der Waals surface area contributed by atoms with E-state index in [-0.39, 0.29) is 29.6 Å². The molecular formula is C31H40N4O3. The van der Waals surface area contributed by atoms with E-state index >= 15 is 0 Å². The lowest BCUT2D eigenvalue weighted by atomic mass is 9.69. The SMILES string of the molecule is CN1CC(c2ccccc2)C2(CCCN(C(=O)C(CC3Cc4ccccc4C3)NC(=O)C(C)(C)N)C2)C1=O. The second-order valence-electron chi connectivity index (χ2n) is 12.2. The number of likely N-dealkylation sites (N-methyl/N-ethyl adjacent to an activating group) is 1. The summed E-state index contributed by atoms with van der Waals surface area (Å²) in [4.78, 5) is 44.4. The summed E-state index contributed by atoms with van der Waals surface area (Å²) in [5.74, 6) is -0.0442. The van der Waals surface area contributed by atoms with Gasteiger partial charge in [-0.2, -0.15) is 0 Å². The standard InChI is InChI=1S/C31H40N4O3/c1-30(2,32)28(37)33-26(18-21-16-23-12-7-8-13-24(23)17-21)27(36)35-15-9-14-31(20-35)25(19-34(3)29(31)38)22-10-5-4-6-11-22/h4-8,10-13,21,25-26H,9,14-20,32H2,1-3H3,(H,33,37). The molecule has 0 aromatic heterocycles. The molecule has 202 valence electrons. The second-order valence-corrected chi connectivity index (χ2v) is 12.2. The first kappa shape index (κ1) is 26.4. The van der Waals surface area contributed by atoms with Gasteiger partial charge in [0.15, 0.2) is 0 Å². The molecule has 38 heavy (non-hydrogen) atoms. The molecule has 2 fully saturated rings. The van der Waals surface area contributed by atoms with Gasteiger partial charge in [0, 0.05) is 32.6 Å². The third-order valence-corrected chi connectivity index (χ3v) is 8.83. The fourth-order valence-electron chi connectivity index (χ4n) is 6.84. The zero-order valence-electron chi connectivity index (χ0n) is 22.8. The molecule has 0 saturated carbocycles. The molecule has 7 heteroatoms. The Labute approximate surface area is 225 Å². The number of nitrogens with two attached hydrogens (primary N) is 1. The average Bonchev–Trinajstić information content (AvgIpc) is 3.42. The molecule has 1 aliphatic carbocycles. The van der Waals surface area contributed by atoms with Gasteiger partial charge in [-0.1, -0.05) is 54.6 Å². The van der Waals surface area contributed by atoms with Crippen LogP contribution in [0.25, 0.3) is 0 Å². The van der Waals surface area contributed by atoms with Crippen molar-refractivity contribution in [1.29, 1.82) is 0 Å². The molecule has 2 aromatic rings. The van der Waals surface area contributed by atoms with Crippen LogP contribution < -0.4 is 11.1 Å². The van der Waals surface area contributed by atoms with Gasteiger partial charge in [0.2, 0.25) is 17.7 Å². The molecular weight excluding hydrogens is 476 g/mol. The van der Waals surface area contributed by atoms with Crippen LogP contribution in [0.15, 0.2) is 54.6 Å². The van der Waals surface area contributed by atoms with Gasteiger partial charge in [0.25, 0.3) is 0 Å². The summed E-state index contributed by atoms with van der Waals surface area (Å²) in [6.07, 6.45) is 3.85. The van der Waals surface area contributed by atoms with Crippen molar-refractivity contribution in [3.05, 3.63) is 71.3 Å². The summed E-state index contributed by atoms with van der Waals surface area (Å²) in [7, 11) is 1.86. The van der Waals surface area contributed by atoms with Gasteiger partial charge in [0.1, 0.15) is 6.04 Å². The van der Waals surface area contributed by atoms with E-state index in [9.17, 15) is 14.4 Å². The Morgan fingerprint density at radius 1 is 1.08 bits per heavy atom. The summed E-state index contributed by atoms with van der Waals surface area (Å²) < 4.78 is 0. The molecule has 2 saturated heterocycles. The number of fused-ring (bicyclic) bond motifs is 1. The van der Waals surface area contributed by atoms with Crippen LogP contribution in [-0.2, 0) is 27.2 Å². The zero-order valence-corrected chi connectivity index (χ0v) is 22.8. The number of amides is 3. The zero-order chi connectivity index (χ0) is 27.1. The molecule has 3 atom stereocenters. The van der Waals surface area contributed by atoms with Crippen molar-refractivity contribution >= 4 is 17.7 Å². The van der Waals surface area contributed by atoms with Crippen LogP contribution in [-0.4, -0.2) is 65.8 Å². The van der Waals surface area contributed by atoms with E-state index in [0.717, 1.165) is 31.2 Å². The molecule has 2 aromatic carbocycles. The third-order valence-electron chi connectivity index (χ3n) is 8.83. The minimum atomic E-state index is -1.09. The van der Waals surface area contributed by atoms with Crippen LogP contribution in [0, 0.1) is 11.3 Å². The number of carbonyl (C=O) groups excluding carboxylic acids is 3. The Morgan fingerprint density at radius 2 is 1.71 bits per heavy atom. The average molecular weight is 517 g/mol. The van der Waals surface area contributed by atoms with Crippen LogP contribution in [0.3, 0.4) is 0 Å². The molecule has 3 unspecified atom stereocenters. The predicted octanol–water partition coefficient (Wildman–Crippen LogP) is 2.88. The van der Waals surface area contributed by atoms with Crippen molar-refractivity contribution in [2.45, 2.75) is 63.5 Å². The van der Waals surface area contributed by atoms with Gasteiger partial charge in [-0.05, 0) is 68.6 Å². The van der Waals surface area contributed by atoms with Crippen LogP contribution in [0.4, 0.5) is 0 Å². The van der Waals surface area contributed by atoms with Crippen molar-refractivity contribution in [3.63, 3.8) is 0 Å². The van der Waals surface area contributed by atoms with E-state index in [4.69, 9.17) is 5.73 Å². The normalized spacial score (nSPS) is 24.5. The number of benzene rings is 2. The molecule has 0 radical (unpaired) electrons. The summed E-state index contributed by atoms with van der Waals surface area (Å²) in [6.45, 7) is 4.91. The lowest BCUT2D eigenvalue weighted by molar-refractivity contribution is -0.146. The maximum atomic E-state index is 14.1. The largest absolute Gasteiger partial charge is 0.345 e. The fourth-order valence-corrected chi connectivity index (χ4v) is 6.84. The van der Waals surface area contributed by atoms with Crippen LogP contribution >= 0.6 is 0 Å². The molecule has 5 rings (SSSR count). The third kappa shape index (κ3) is 4.96. The summed E-state index contributed by atoms with van der Waals surface area (Å²) >= 11 is 0. The monoisotopic (exact) mass is 516 g/mol. The summed E-state index contributed by atoms with van der Waals surface area (Å²) in [6, 6.07) is 17.9. The smallest absolute Gasteiger partial charge is 0.245 e. The molecule has 2 aliphatic heterocycles. The highest BCUT2D eigenvalue weighted by Crippen LogP contribution is 2.49. The minimum Gasteiger partial charge on any atom is -0.345 e. The highest BCUT2D eigenvalue weighted by Gasteiger charge is 2.56. The highest BCUT2D eigenvalue weighted by atomic mass is 16.2. The second kappa shape index (κ2) is 10.2. The quantitative estimate of drug-likeness (QED) is 0.617. The van der Waals surface area contributed by atoms with Crippen molar-refractivity contribution in [2.75, 3.05) is 26.7 Å². The predicted molar refractivity (Wildman–Crippen MR) is 147 cm³/mol. The first-order valence-corrected chi connectivity index (χ1v) is 13.8. The van der Waals surface area contributed by atoms with Crippen molar-refractivity contribution in [1.82, 2.24) is 15.1 Å². The lowest BCUT2D eigenvalue weighted by Gasteiger charge is -2.43. The van der Waals surface area contributed by atoms with Gasteiger partial charge in [-0.15, -0.1) is 0 Å². The lowest BCUT2D eigenvalue weighted by Crippen LogP contribution is -2.59. The van der Waals surface area contributed by atoms with E-state index in [2.05, 4.69) is 41.7 Å². The Bertz CT molecular complexity index is 1180. The topological polar surface area (TPSA) is 95.7 Å². The number of hydrogen-bond acceptors (Lipinski definition) is 4. The van der Waals surface area contributed by atoms with Gasteiger partial charge in [-0.3, -0.25) is 14.4 Å². The van der Waals surface area contributed by atoms with Crippen molar-refractivity contribution < 1.29 is 14.4 Å². The van der Waals surface area contributed by atoms with Gasteiger partial charge < -0.3 is 20.9 Å². The molecule has 3 amide bonds. The number of hydrogen-bond donors (Lipinski definition) is 2. The molecule has 3 N–H and O–H groups in total. The van der Waals surface area contributed by atoms with Crippen molar-refractivity contribution in [3.8, 4) is 0 Å². The Balaban J connectivity index is 1.39. The number of piperidine rings is 1. The molecule has 1 spiro atoms. The maximum absolute atomic E-state index is 14.1. The van der Waals surface area contributed by atoms with Crippen LogP contribution in [0.1, 0.15) is 55.7 Å². The number of nitrogens with zero attached hydrogens (tertiary/aromatic N) is 2. The Kier molecular flexibility index (Phi) is 7.07. The van der Waals surface area contributed by atoms with Gasteiger partial charge in [-0.25, -0.2) is 0 Å². The van der Waals surface area contributed by atoms with Gasteiger partial charge >= 0.3 is 0 Å². The van der Waals surface area contributed by atoms with E-state index in [1.165, 1.54) is 11.1 Å². The summed E-state index contributed by atoms with van der Waals surface area (Å²) in [5, 5.41) is 3.00. The van der Waals surface area contributed by atoms with Gasteiger partial charge in [0.05, 0.1) is 11.0 Å². The minimum absolute atomic E-state index is 0.0251. The van der Waals surface area contributed by atoms with E-state index in [1.807, 2.05) is 35.0 Å². The molecule has 2 heterocycles. The Hall–Kier alpha value is -3.19. The maximum Gasteiger partial charge on any atom is 0.245 e. The first-order chi connectivity index (χ1) is 18.1. The first-order valence-electron chi connectivity index (χ1n) is 13.8. The fraction of sp³-hybridized carbons (Fsp3) is 0.516. The number of likely N-dealkylation sites (tertiary alicyclic amines) is 2. The van der Waals surface area contributed by atoms with E-state index in [0.29, 0.717) is 26.1 Å². The van der Waals surface area contributed by atoms with E-state index in [1.54, 1.807) is 13.8 Å². The number of carbonyl (C=O) groups is 3. The highest BCUT2D eigenvalue weighted by molar-refractivity contribution is 5.92. The number of nitrogens with one attached hydrogen (secondary N) is 1. The van der Waals surface area contributed by atoms with Crippen LogP contribution in [0.5, 0.6) is 0 Å². The Morgan fingerprint density at radius 3 is 2.34 bits per heavy atom. The van der Waals surface area contributed by atoms with Crippen LogP contribution in [0.2, 0.25) is 0 Å². The number of rotatable bonds is 6. The van der Waals surface area contributed by atoms with Crippen molar-refractivity contribution in [2.24, 2.45) is 17.1 Å². The van der Waals surface area contributed by atoms with E-state index < -0.39 is 17.0 Å². The molecule has 7 nitrogen and oxygen atoms in total.